The number of hydrogen-bond acceptors (Lipinski definition) is 0. The first kappa shape index (κ1) is 49.8. The Bertz CT molecular complexity index is 2930. The third-order valence-electron chi connectivity index (χ3n) is 11.6. The van der Waals surface area contributed by atoms with Crippen LogP contribution in [0, 0.1) is 64.8 Å². The van der Waals surface area contributed by atoms with Crippen LogP contribution in [-0.4, -0.2) is 0 Å². The number of hydrogen-bond donors (Lipinski definition) is 0. The highest BCUT2D eigenvalue weighted by Crippen LogP contribution is 2.42. The van der Waals surface area contributed by atoms with Gasteiger partial charge >= 0.3 is 0 Å². The van der Waals surface area contributed by atoms with E-state index in [1.165, 1.54) is 53.4 Å². The first-order valence-electron chi connectivity index (χ1n) is 21.8. The van der Waals surface area contributed by atoms with Crippen molar-refractivity contribution in [2.45, 2.75) is 41.5 Å². The largest absolute Gasteiger partial charge is 0.203 e. The van der Waals surface area contributed by atoms with Gasteiger partial charge in [0, 0.05) is 38.9 Å². The van der Waals surface area contributed by atoms with Crippen molar-refractivity contribution in [3.63, 3.8) is 0 Å². The van der Waals surface area contributed by atoms with Crippen molar-refractivity contribution in [2.75, 3.05) is 0 Å². The van der Waals surface area contributed by atoms with Gasteiger partial charge < -0.3 is 0 Å². The minimum absolute atomic E-state index is 0.0734. The monoisotopic (exact) mass is 982 g/mol. The van der Waals surface area contributed by atoms with Crippen LogP contribution in [0.4, 0.5) is 17.6 Å². The molecule has 0 aromatic heterocycles. The highest BCUT2D eigenvalue weighted by atomic mass is 35.5. The lowest BCUT2D eigenvalue weighted by atomic mass is 9.97. The molecular weight excluding hydrogens is 938 g/mol. The lowest BCUT2D eigenvalue weighted by molar-refractivity contribution is 0.499. The summed E-state index contributed by atoms with van der Waals surface area (Å²) >= 11 is 26.1. The molecular formula is C60H46Cl4F4. The molecule has 9 aromatic rings. The maximum Gasteiger partial charge on any atom is 0.167 e. The second-order valence-corrected chi connectivity index (χ2v) is 18.3. The fourth-order valence-electron chi connectivity index (χ4n) is 7.49. The Hall–Kier alpha value is -6.14. The van der Waals surface area contributed by atoms with Crippen molar-refractivity contribution in [2.24, 2.45) is 0 Å². The van der Waals surface area contributed by atoms with E-state index in [0.717, 1.165) is 50.1 Å². The molecule has 0 amide bonds. The van der Waals surface area contributed by atoms with E-state index < -0.39 is 23.3 Å². The molecule has 9 rings (SSSR count). The van der Waals surface area contributed by atoms with Gasteiger partial charge in [-0.05, 0) is 74.9 Å². The Kier molecular flexibility index (Phi) is 16.0. The smallest absolute Gasteiger partial charge is 0.167 e. The molecule has 9 aromatic carbocycles. The maximum atomic E-state index is 14.5. The molecule has 0 spiro atoms. The number of benzene rings is 9. The van der Waals surface area contributed by atoms with Gasteiger partial charge in [-0.3, -0.25) is 0 Å². The molecule has 0 heterocycles. The predicted molar refractivity (Wildman–Crippen MR) is 280 cm³/mol. The van der Waals surface area contributed by atoms with Crippen LogP contribution in [0.1, 0.15) is 33.4 Å². The summed E-state index contributed by atoms with van der Waals surface area (Å²) in [7, 11) is 0. The van der Waals surface area contributed by atoms with Crippen molar-refractivity contribution in [1.82, 2.24) is 0 Å². The molecule has 0 aliphatic heterocycles. The summed E-state index contributed by atoms with van der Waals surface area (Å²) in [5, 5.41) is 2.40. The molecule has 0 aliphatic rings. The molecule has 8 heteroatoms. The molecule has 0 N–H and O–H groups in total. The van der Waals surface area contributed by atoms with E-state index in [1.807, 2.05) is 31.2 Å². The first-order chi connectivity index (χ1) is 32.5. The van der Waals surface area contributed by atoms with E-state index in [9.17, 15) is 17.6 Å². The summed E-state index contributed by atoms with van der Waals surface area (Å²) in [6.07, 6.45) is 0. The van der Waals surface area contributed by atoms with Gasteiger partial charge in [0.1, 0.15) is 0 Å². The van der Waals surface area contributed by atoms with E-state index in [-0.39, 0.29) is 22.3 Å². The average molecular weight is 985 g/mol. The van der Waals surface area contributed by atoms with Gasteiger partial charge in [0.25, 0.3) is 0 Å². The Morgan fingerprint density at radius 1 is 0.221 bits per heavy atom. The minimum Gasteiger partial charge on any atom is -0.203 e. The van der Waals surface area contributed by atoms with Crippen LogP contribution in [0.15, 0.2) is 170 Å². The molecule has 0 atom stereocenters. The van der Waals surface area contributed by atoms with Crippen molar-refractivity contribution < 1.29 is 17.6 Å². The zero-order valence-electron chi connectivity index (χ0n) is 38.2. The van der Waals surface area contributed by atoms with Crippen LogP contribution in [0.5, 0.6) is 0 Å². The summed E-state index contributed by atoms with van der Waals surface area (Å²) in [5.41, 5.74) is 14.1. The van der Waals surface area contributed by atoms with Crippen LogP contribution in [-0.2, 0) is 0 Å². The van der Waals surface area contributed by atoms with Gasteiger partial charge in [-0.25, -0.2) is 17.6 Å². The molecule has 68 heavy (non-hydrogen) atoms. The summed E-state index contributed by atoms with van der Waals surface area (Å²) < 4.78 is 56.7. The third-order valence-corrected chi connectivity index (χ3v) is 13.4. The van der Waals surface area contributed by atoms with Gasteiger partial charge in [0.15, 0.2) is 23.3 Å². The number of rotatable bonds is 6. The van der Waals surface area contributed by atoms with Crippen molar-refractivity contribution in [3.05, 3.63) is 247 Å². The fraction of sp³-hybridized carbons (Fsp3) is 0.100. The molecule has 0 radical (unpaired) electrons. The van der Waals surface area contributed by atoms with Crippen molar-refractivity contribution in [1.29, 1.82) is 0 Å². The van der Waals surface area contributed by atoms with Crippen molar-refractivity contribution >= 4 is 46.4 Å². The summed E-state index contributed by atoms with van der Waals surface area (Å²) in [6.45, 7) is 11.6. The van der Waals surface area contributed by atoms with E-state index in [1.54, 1.807) is 24.3 Å². The molecule has 0 nitrogen and oxygen atoms in total. The maximum absolute atomic E-state index is 14.5. The molecule has 0 unspecified atom stereocenters. The third kappa shape index (κ3) is 11.2. The summed E-state index contributed by atoms with van der Waals surface area (Å²) in [5.74, 6) is -4.53. The Morgan fingerprint density at radius 2 is 0.412 bits per heavy atom. The van der Waals surface area contributed by atoms with E-state index in [4.69, 9.17) is 46.4 Å². The van der Waals surface area contributed by atoms with Gasteiger partial charge in [-0.1, -0.05) is 244 Å². The topological polar surface area (TPSA) is 0 Å². The van der Waals surface area contributed by atoms with Crippen LogP contribution >= 0.6 is 46.4 Å². The zero-order valence-corrected chi connectivity index (χ0v) is 41.2. The average Bonchev–Trinajstić information content (AvgIpc) is 3.33. The molecule has 0 fully saturated rings. The molecule has 0 bridgehead atoms. The van der Waals surface area contributed by atoms with Crippen LogP contribution < -0.4 is 0 Å². The first-order valence-corrected chi connectivity index (χ1v) is 23.3. The second kappa shape index (κ2) is 21.9. The molecule has 342 valence electrons. The van der Waals surface area contributed by atoms with Crippen molar-refractivity contribution in [3.8, 4) is 66.8 Å². The molecule has 0 saturated heterocycles. The van der Waals surface area contributed by atoms with Gasteiger partial charge in [-0.15, -0.1) is 0 Å². The molecule has 0 aliphatic carbocycles. The highest BCUT2D eigenvalue weighted by molar-refractivity contribution is 6.46. The Balaban J connectivity index is 0.000000151. The summed E-state index contributed by atoms with van der Waals surface area (Å²) in [6, 6.07) is 53.4. The van der Waals surface area contributed by atoms with Crippen LogP contribution in [0.3, 0.4) is 0 Å². The second-order valence-electron chi connectivity index (χ2n) is 16.8. The highest BCUT2D eigenvalue weighted by Gasteiger charge is 2.21. The standard InChI is InChI=1S/2C20H16Cl2.C20H14F4/c2*1-13-3-7-15(8-4-13)17-11-12-18(20(22)19(17)21)16-9-5-14(2)6-10-16;1-11-3-6-13(7-4-11)14-9-10-16(20(24)18(14)22)15-8-5-12(2)17(21)19(15)23/h2*3-12H,1-2H3;3-10H,1-2H3. The minimum atomic E-state index is -1.20. The lowest BCUT2D eigenvalue weighted by Crippen LogP contribution is -1.98. The normalized spacial score (nSPS) is 10.8. The van der Waals surface area contributed by atoms with Crippen LogP contribution in [0.2, 0.25) is 20.1 Å². The van der Waals surface area contributed by atoms with Gasteiger partial charge in [-0.2, -0.15) is 0 Å². The zero-order chi connectivity index (χ0) is 48.8. The fourth-order valence-corrected chi connectivity index (χ4v) is 8.59. The Morgan fingerprint density at radius 3 is 0.691 bits per heavy atom. The number of halogens is 8. The van der Waals surface area contributed by atoms with Gasteiger partial charge in [0.2, 0.25) is 0 Å². The SMILES string of the molecule is Cc1ccc(-c2ccc(-c3ccc(C)c(F)c3F)c(F)c2F)cc1.Cc1ccc(-c2ccc(-c3ccc(C)cc3)c(Cl)c2Cl)cc1.Cc1ccc(-c2ccc(-c3ccc(C)cc3)c(Cl)c2Cl)cc1. The lowest BCUT2D eigenvalue weighted by Gasteiger charge is -2.11. The van der Waals surface area contributed by atoms with E-state index in [2.05, 4.69) is 125 Å². The van der Waals surface area contributed by atoms with E-state index in [0.29, 0.717) is 25.7 Å². The van der Waals surface area contributed by atoms with E-state index >= 15 is 0 Å². The van der Waals surface area contributed by atoms with Gasteiger partial charge in [0.05, 0.1) is 20.1 Å². The predicted octanol–water partition coefficient (Wildman–Crippen LogP) is 20.1. The number of aryl methyl sites for hydroxylation is 6. The molecule has 0 saturated carbocycles. The summed E-state index contributed by atoms with van der Waals surface area (Å²) in [4.78, 5) is 0. The van der Waals surface area contributed by atoms with Crippen LogP contribution in [0.25, 0.3) is 66.8 Å². The quantitative estimate of drug-likeness (QED) is 0.146. The Labute approximate surface area is 416 Å².